The number of aliphatic hydroxyl groups is 3. The Labute approximate surface area is 112 Å². The number of hydrogen-bond acceptors (Lipinski definition) is 7. The quantitative estimate of drug-likeness (QED) is 0.450. The molecule has 0 fully saturated rings. The van der Waals surface area contributed by atoms with Crippen LogP contribution in [0.4, 0.5) is 11.6 Å². The molecule has 0 atom stereocenters. The number of nitrogens with two attached hydrogens (primary N) is 1. The molecule has 1 aromatic heterocycles. The zero-order chi connectivity index (χ0) is 14.5. The van der Waals surface area contributed by atoms with E-state index in [0.717, 1.165) is 6.42 Å². The Kier molecular flexibility index (Phi) is 5.46. The van der Waals surface area contributed by atoms with Crippen LogP contribution in [0.15, 0.2) is 0 Å². The van der Waals surface area contributed by atoms with Crippen LogP contribution in [0.5, 0.6) is 0 Å². The number of aryl methyl sites for hydroxylation is 1. The van der Waals surface area contributed by atoms with Crippen molar-refractivity contribution in [2.24, 2.45) is 0 Å². The molecule has 0 saturated carbocycles. The van der Waals surface area contributed by atoms with Crippen molar-refractivity contribution >= 4 is 11.6 Å². The minimum absolute atomic E-state index is 0.351. The summed E-state index contributed by atoms with van der Waals surface area (Å²) in [5.41, 5.74) is 5.21. The fraction of sp³-hybridized carbons (Fsp3) is 0.667. The van der Waals surface area contributed by atoms with Gasteiger partial charge in [-0.15, -0.1) is 0 Å². The molecule has 0 amide bonds. The van der Waals surface area contributed by atoms with Crippen LogP contribution < -0.4 is 11.1 Å². The molecule has 0 aliphatic rings. The molecule has 0 bridgehead atoms. The molecule has 108 valence electrons. The van der Waals surface area contributed by atoms with Gasteiger partial charge in [0.05, 0.1) is 19.8 Å². The van der Waals surface area contributed by atoms with Crippen LogP contribution in [0.3, 0.4) is 0 Å². The summed E-state index contributed by atoms with van der Waals surface area (Å²) in [7, 11) is 0. The van der Waals surface area contributed by atoms with Crippen molar-refractivity contribution in [3.05, 3.63) is 11.4 Å². The van der Waals surface area contributed by atoms with Crippen LogP contribution in [0.2, 0.25) is 0 Å². The molecular formula is C12H22N4O3. The fourth-order valence-corrected chi connectivity index (χ4v) is 1.56. The molecule has 0 radical (unpaired) electrons. The lowest BCUT2D eigenvalue weighted by molar-refractivity contribution is 0.0830. The third-order valence-corrected chi connectivity index (χ3v) is 2.99. The van der Waals surface area contributed by atoms with Gasteiger partial charge >= 0.3 is 0 Å². The minimum Gasteiger partial charge on any atom is -0.394 e. The smallest absolute Gasteiger partial charge is 0.135 e. The number of aromatic nitrogens is 2. The zero-order valence-electron chi connectivity index (χ0n) is 11.3. The van der Waals surface area contributed by atoms with Gasteiger partial charge < -0.3 is 26.4 Å². The van der Waals surface area contributed by atoms with Crippen molar-refractivity contribution in [3.63, 3.8) is 0 Å². The largest absolute Gasteiger partial charge is 0.394 e. The Morgan fingerprint density at radius 1 is 1.16 bits per heavy atom. The molecule has 1 rings (SSSR count). The summed E-state index contributed by atoms with van der Waals surface area (Å²) in [6.07, 6.45) is 1.57. The van der Waals surface area contributed by atoms with Crippen molar-refractivity contribution < 1.29 is 15.3 Å². The monoisotopic (exact) mass is 270 g/mol. The van der Waals surface area contributed by atoms with E-state index in [9.17, 15) is 15.3 Å². The number of rotatable bonds is 7. The van der Waals surface area contributed by atoms with Crippen molar-refractivity contribution in [2.45, 2.75) is 32.2 Å². The SMILES string of the molecule is CCCc1nc(N)c(C)c(NC(CO)(CO)CO)n1. The van der Waals surface area contributed by atoms with Crippen molar-refractivity contribution in [1.82, 2.24) is 9.97 Å². The van der Waals surface area contributed by atoms with E-state index in [0.29, 0.717) is 29.4 Å². The lowest BCUT2D eigenvalue weighted by atomic mass is 10.0. The number of nitrogens with one attached hydrogen (secondary N) is 1. The standard InChI is InChI=1S/C12H22N4O3/c1-3-4-9-14-10(13)8(2)11(15-9)16-12(5-17,6-18)7-19/h17-19H,3-7H2,1-2H3,(H3,13,14,15,16). The Hall–Kier alpha value is -1.44. The Morgan fingerprint density at radius 2 is 1.74 bits per heavy atom. The molecule has 0 saturated heterocycles. The minimum atomic E-state index is -1.23. The van der Waals surface area contributed by atoms with E-state index in [1.807, 2.05) is 6.92 Å². The predicted octanol–water partition coefficient (Wildman–Crippen LogP) is -0.553. The van der Waals surface area contributed by atoms with Crippen LogP contribution in [-0.4, -0.2) is 50.6 Å². The second-order valence-corrected chi connectivity index (χ2v) is 4.63. The van der Waals surface area contributed by atoms with E-state index in [2.05, 4.69) is 15.3 Å². The molecule has 0 aliphatic heterocycles. The Morgan fingerprint density at radius 3 is 2.21 bits per heavy atom. The lowest BCUT2D eigenvalue weighted by Gasteiger charge is -2.30. The van der Waals surface area contributed by atoms with Gasteiger partial charge in [0.25, 0.3) is 0 Å². The van der Waals surface area contributed by atoms with Gasteiger partial charge in [-0.05, 0) is 13.3 Å². The van der Waals surface area contributed by atoms with Crippen LogP contribution >= 0.6 is 0 Å². The summed E-state index contributed by atoms with van der Waals surface area (Å²) in [5, 5.41) is 30.8. The first-order valence-corrected chi connectivity index (χ1v) is 6.25. The first-order valence-electron chi connectivity index (χ1n) is 6.25. The first kappa shape index (κ1) is 15.6. The van der Waals surface area contributed by atoms with Crippen LogP contribution in [0.1, 0.15) is 24.7 Å². The number of nitrogens with zero attached hydrogens (tertiary/aromatic N) is 2. The van der Waals surface area contributed by atoms with Crippen LogP contribution in [0.25, 0.3) is 0 Å². The number of aliphatic hydroxyl groups excluding tert-OH is 3. The van der Waals surface area contributed by atoms with Gasteiger partial charge in [-0.3, -0.25) is 0 Å². The summed E-state index contributed by atoms with van der Waals surface area (Å²) in [6.45, 7) is 2.47. The fourth-order valence-electron chi connectivity index (χ4n) is 1.56. The van der Waals surface area contributed by atoms with Crippen LogP contribution in [-0.2, 0) is 6.42 Å². The highest BCUT2D eigenvalue weighted by Crippen LogP contribution is 2.21. The van der Waals surface area contributed by atoms with E-state index in [-0.39, 0.29) is 0 Å². The summed E-state index contributed by atoms with van der Waals surface area (Å²) < 4.78 is 0. The Bertz CT molecular complexity index is 413. The molecule has 7 nitrogen and oxygen atoms in total. The first-order chi connectivity index (χ1) is 9.01. The highest BCUT2D eigenvalue weighted by atomic mass is 16.3. The summed E-state index contributed by atoms with van der Waals surface area (Å²) in [6, 6.07) is 0. The number of nitrogen functional groups attached to an aromatic ring is 1. The van der Waals surface area contributed by atoms with Gasteiger partial charge in [-0.25, -0.2) is 9.97 Å². The van der Waals surface area contributed by atoms with E-state index in [1.165, 1.54) is 0 Å². The second kappa shape index (κ2) is 6.65. The summed E-state index contributed by atoms with van der Waals surface area (Å²) >= 11 is 0. The van der Waals surface area contributed by atoms with Gasteiger partial charge in [-0.2, -0.15) is 0 Å². The lowest BCUT2D eigenvalue weighted by Crippen LogP contribution is -2.49. The van der Waals surface area contributed by atoms with Gasteiger partial charge in [0, 0.05) is 12.0 Å². The van der Waals surface area contributed by atoms with E-state index in [1.54, 1.807) is 6.92 Å². The van der Waals surface area contributed by atoms with Gasteiger partial charge in [-0.1, -0.05) is 6.92 Å². The Balaban J connectivity index is 3.11. The van der Waals surface area contributed by atoms with Gasteiger partial charge in [0.2, 0.25) is 0 Å². The van der Waals surface area contributed by atoms with Crippen molar-refractivity contribution in [2.75, 3.05) is 30.9 Å². The van der Waals surface area contributed by atoms with E-state index < -0.39 is 25.4 Å². The maximum Gasteiger partial charge on any atom is 0.135 e. The highest BCUT2D eigenvalue weighted by Gasteiger charge is 2.29. The van der Waals surface area contributed by atoms with Gasteiger partial charge in [0.1, 0.15) is 23.0 Å². The number of anilines is 2. The van der Waals surface area contributed by atoms with Gasteiger partial charge in [0.15, 0.2) is 0 Å². The maximum absolute atomic E-state index is 9.31. The number of hydrogen-bond donors (Lipinski definition) is 5. The second-order valence-electron chi connectivity index (χ2n) is 4.63. The molecule has 1 aromatic rings. The average Bonchev–Trinajstić information content (AvgIpc) is 2.42. The predicted molar refractivity (Wildman–Crippen MR) is 72.8 cm³/mol. The maximum atomic E-state index is 9.31. The zero-order valence-corrected chi connectivity index (χ0v) is 11.3. The topological polar surface area (TPSA) is 125 Å². The van der Waals surface area contributed by atoms with Crippen molar-refractivity contribution in [1.29, 1.82) is 0 Å². The molecular weight excluding hydrogens is 248 g/mol. The molecule has 1 heterocycles. The molecule has 0 spiro atoms. The third-order valence-electron chi connectivity index (χ3n) is 2.99. The molecule has 7 heteroatoms. The molecule has 6 N–H and O–H groups in total. The molecule has 0 unspecified atom stereocenters. The normalized spacial score (nSPS) is 11.6. The van der Waals surface area contributed by atoms with Crippen LogP contribution in [0, 0.1) is 6.92 Å². The highest BCUT2D eigenvalue weighted by molar-refractivity contribution is 5.56. The molecule has 19 heavy (non-hydrogen) atoms. The van der Waals surface area contributed by atoms with E-state index in [4.69, 9.17) is 5.73 Å². The third kappa shape index (κ3) is 3.52. The van der Waals surface area contributed by atoms with E-state index >= 15 is 0 Å². The molecule has 0 aliphatic carbocycles. The summed E-state index contributed by atoms with van der Waals surface area (Å²) in [4.78, 5) is 8.49. The summed E-state index contributed by atoms with van der Waals surface area (Å²) in [5.74, 6) is 1.37. The van der Waals surface area contributed by atoms with Crippen molar-refractivity contribution in [3.8, 4) is 0 Å². The molecule has 0 aromatic carbocycles. The average molecular weight is 270 g/mol.